The number of aromatic nitrogens is 2. The first-order chi connectivity index (χ1) is 13.8. The number of ether oxygens (including phenoxy) is 2. The number of carbonyl (C=O) groups excluding carboxylic acids is 3. The molecular formula is C19H24ClN3O5S. The standard InChI is InChI=1S/C19H24ClN3O5S/c1-5-7-28-18(25)14-12(4)15(19(26)27-6-2)29-17(14)22-16(24)11(3)9-23-10-13(20)8-21-23/h8,10-11H,5-7,9H2,1-4H3,(H,22,24). The zero-order valence-corrected chi connectivity index (χ0v) is 18.4. The lowest BCUT2D eigenvalue weighted by molar-refractivity contribution is -0.119. The van der Waals surface area contributed by atoms with Gasteiger partial charge in [0, 0.05) is 6.20 Å². The van der Waals surface area contributed by atoms with Crippen LogP contribution in [0.4, 0.5) is 5.00 Å². The lowest BCUT2D eigenvalue weighted by atomic mass is 10.1. The van der Waals surface area contributed by atoms with Gasteiger partial charge in [-0.3, -0.25) is 9.48 Å². The summed E-state index contributed by atoms with van der Waals surface area (Å²) < 4.78 is 11.8. The summed E-state index contributed by atoms with van der Waals surface area (Å²) in [5, 5.41) is 7.55. The first-order valence-corrected chi connectivity index (χ1v) is 10.4. The summed E-state index contributed by atoms with van der Waals surface area (Å²) in [5.41, 5.74) is 0.602. The Balaban J connectivity index is 2.26. The van der Waals surface area contributed by atoms with Gasteiger partial charge in [-0.25, -0.2) is 9.59 Å². The molecule has 8 nitrogen and oxygen atoms in total. The maximum absolute atomic E-state index is 12.7. The summed E-state index contributed by atoms with van der Waals surface area (Å²) in [6.45, 7) is 7.70. The SMILES string of the molecule is CCCOC(=O)c1c(NC(=O)C(C)Cn2cc(Cl)cn2)sc(C(=O)OCC)c1C. The van der Waals surface area contributed by atoms with Crippen LogP contribution in [0.5, 0.6) is 0 Å². The van der Waals surface area contributed by atoms with Gasteiger partial charge in [0.25, 0.3) is 0 Å². The van der Waals surface area contributed by atoms with E-state index in [2.05, 4.69) is 10.4 Å². The van der Waals surface area contributed by atoms with Gasteiger partial charge in [0.05, 0.1) is 42.5 Å². The van der Waals surface area contributed by atoms with Crippen molar-refractivity contribution in [3.8, 4) is 0 Å². The Hall–Kier alpha value is -2.39. The number of nitrogens with zero attached hydrogens (tertiary/aromatic N) is 2. The lowest BCUT2D eigenvalue weighted by Gasteiger charge is -2.12. The van der Waals surface area contributed by atoms with E-state index >= 15 is 0 Å². The summed E-state index contributed by atoms with van der Waals surface area (Å²) in [5.74, 6) is -1.91. The van der Waals surface area contributed by atoms with Crippen LogP contribution in [0.25, 0.3) is 0 Å². The highest BCUT2D eigenvalue weighted by molar-refractivity contribution is 7.18. The molecule has 0 radical (unpaired) electrons. The van der Waals surface area contributed by atoms with Crippen molar-refractivity contribution in [1.82, 2.24) is 9.78 Å². The zero-order valence-electron chi connectivity index (χ0n) is 16.8. The van der Waals surface area contributed by atoms with Gasteiger partial charge in [-0.05, 0) is 25.8 Å². The third-order valence-electron chi connectivity index (χ3n) is 4.00. The predicted molar refractivity (Wildman–Crippen MR) is 111 cm³/mol. The molecule has 2 heterocycles. The summed E-state index contributed by atoms with van der Waals surface area (Å²) in [6.07, 6.45) is 3.76. The monoisotopic (exact) mass is 441 g/mol. The lowest BCUT2D eigenvalue weighted by Crippen LogP contribution is -2.25. The summed E-state index contributed by atoms with van der Waals surface area (Å²) >= 11 is 6.85. The van der Waals surface area contributed by atoms with Crippen LogP contribution in [-0.2, 0) is 20.8 Å². The highest BCUT2D eigenvalue weighted by atomic mass is 35.5. The highest BCUT2D eigenvalue weighted by Gasteiger charge is 2.28. The number of carbonyl (C=O) groups is 3. The highest BCUT2D eigenvalue weighted by Crippen LogP contribution is 2.34. The number of halogens is 1. The second-order valence-corrected chi connectivity index (χ2v) is 7.84. The van der Waals surface area contributed by atoms with Crippen molar-refractivity contribution in [3.63, 3.8) is 0 Å². The van der Waals surface area contributed by atoms with Gasteiger partial charge in [0.15, 0.2) is 0 Å². The number of hydrogen-bond acceptors (Lipinski definition) is 7. The molecule has 0 bridgehead atoms. The molecule has 2 aromatic rings. The molecule has 2 aromatic heterocycles. The van der Waals surface area contributed by atoms with Crippen LogP contribution < -0.4 is 5.32 Å². The first kappa shape index (κ1) is 22.9. The minimum Gasteiger partial charge on any atom is -0.462 e. The Morgan fingerprint density at radius 2 is 2.00 bits per heavy atom. The Kier molecular flexibility index (Phi) is 8.21. The number of amides is 1. The minimum absolute atomic E-state index is 0.175. The van der Waals surface area contributed by atoms with E-state index in [-0.39, 0.29) is 34.6 Å². The van der Waals surface area contributed by atoms with E-state index in [0.29, 0.717) is 23.6 Å². The number of rotatable bonds is 9. The molecule has 1 N–H and O–H groups in total. The van der Waals surface area contributed by atoms with Gasteiger partial charge in [-0.15, -0.1) is 11.3 Å². The molecule has 0 aromatic carbocycles. The molecule has 0 aliphatic carbocycles. The number of anilines is 1. The molecule has 158 valence electrons. The van der Waals surface area contributed by atoms with Crippen molar-refractivity contribution in [3.05, 3.63) is 33.4 Å². The predicted octanol–water partition coefficient (Wildman–Crippen LogP) is 3.92. The number of esters is 2. The maximum atomic E-state index is 12.7. The fourth-order valence-electron chi connectivity index (χ4n) is 2.54. The van der Waals surface area contributed by atoms with Crippen LogP contribution >= 0.6 is 22.9 Å². The van der Waals surface area contributed by atoms with E-state index in [4.69, 9.17) is 21.1 Å². The Morgan fingerprint density at radius 3 is 2.59 bits per heavy atom. The fraction of sp³-hybridized carbons (Fsp3) is 0.474. The Labute approximate surface area is 178 Å². The summed E-state index contributed by atoms with van der Waals surface area (Å²) in [7, 11) is 0. The van der Waals surface area contributed by atoms with Gasteiger partial charge in [0.1, 0.15) is 9.88 Å². The molecule has 2 rings (SSSR count). The minimum atomic E-state index is -0.585. The molecule has 29 heavy (non-hydrogen) atoms. The van der Waals surface area contributed by atoms with Gasteiger partial charge < -0.3 is 14.8 Å². The molecule has 0 saturated heterocycles. The average Bonchev–Trinajstić information content (AvgIpc) is 3.22. The van der Waals surface area contributed by atoms with E-state index in [9.17, 15) is 14.4 Å². The third-order valence-corrected chi connectivity index (χ3v) is 5.38. The van der Waals surface area contributed by atoms with Crippen molar-refractivity contribution >= 4 is 45.8 Å². The van der Waals surface area contributed by atoms with Crippen LogP contribution in [0.2, 0.25) is 5.02 Å². The summed E-state index contributed by atoms with van der Waals surface area (Å²) in [6, 6.07) is 0. The number of nitrogens with one attached hydrogen (secondary N) is 1. The normalized spacial score (nSPS) is 11.8. The largest absolute Gasteiger partial charge is 0.462 e. The third kappa shape index (κ3) is 5.80. The van der Waals surface area contributed by atoms with Crippen LogP contribution in [0.1, 0.15) is 52.8 Å². The summed E-state index contributed by atoms with van der Waals surface area (Å²) in [4.78, 5) is 37.7. The van der Waals surface area contributed by atoms with E-state index in [1.807, 2.05) is 6.92 Å². The van der Waals surface area contributed by atoms with Crippen molar-refractivity contribution in [2.45, 2.75) is 40.7 Å². The molecule has 0 aliphatic heterocycles. The smallest absolute Gasteiger partial charge is 0.348 e. The van der Waals surface area contributed by atoms with Crippen LogP contribution in [0.15, 0.2) is 12.4 Å². The van der Waals surface area contributed by atoms with Gasteiger partial charge in [0.2, 0.25) is 5.91 Å². The second kappa shape index (κ2) is 10.4. The van der Waals surface area contributed by atoms with Gasteiger partial charge in [-0.1, -0.05) is 25.4 Å². The van der Waals surface area contributed by atoms with E-state index in [1.165, 1.54) is 6.20 Å². The van der Waals surface area contributed by atoms with E-state index in [1.54, 1.807) is 31.6 Å². The molecule has 10 heteroatoms. The van der Waals surface area contributed by atoms with Crippen LogP contribution in [0, 0.1) is 12.8 Å². The molecule has 0 aliphatic rings. The fourth-order valence-corrected chi connectivity index (χ4v) is 3.79. The quantitative estimate of drug-likeness (QED) is 0.592. The topological polar surface area (TPSA) is 99.5 Å². The average molecular weight is 442 g/mol. The van der Waals surface area contributed by atoms with Crippen molar-refractivity contribution in [2.75, 3.05) is 18.5 Å². The van der Waals surface area contributed by atoms with Gasteiger partial charge >= 0.3 is 11.9 Å². The van der Waals surface area contributed by atoms with Crippen molar-refractivity contribution < 1.29 is 23.9 Å². The molecule has 1 atom stereocenters. The van der Waals surface area contributed by atoms with Crippen LogP contribution in [-0.4, -0.2) is 40.8 Å². The number of thiophene rings is 1. The first-order valence-electron chi connectivity index (χ1n) is 9.24. The molecule has 0 spiro atoms. The zero-order chi connectivity index (χ0) is 21.6. The van der Waals surface area contributed by atoms with Gasteiger partial charge in [-0.2, -0.15) is 5.10 Å². The Bertz CT molecular complexity index is 893. The maximum Gasteiger partial charge on any atom is 0.348 e. The molecule has 1 unspecified atom stereocenters. The van der Waals surface area contributed by atoms with Crippen molar-refractivity contribution in [2.24, 2.45) is 5.92 Å². The molecular weight excluding hydrogens is 418 g/mol. The van der Waals surface area contributed by atoms with Crippen molar-refractivity contribution in [1.29, 1.82) is 0 Å². The molecule has 1 amide bonds. The number of hydrogen-bond donors (Lipinski definition) is 1. The molecule has 0 fully saturated rings. The Morgan fingerprint density at radius 1 is 1.28 bits per heavy atom. The van der Waals surface area contributed by atoms with Crippen LogP contribution in [0.3, 0.4) is 0 Å². The van der Waals surface area contributed by atoms with E-state index in [0.717, 1.165) is 11.3 Å². The molecule has 0 saturated carbocycles. The second-order valence-electron chi connectivity index (χ2n) is 6.39. The van der Waals surface area contributed by atoms with E-state index < -0.39 is 17.9 Å².